The Hall–Kier alpha value is -3.98. The molecule has 4 heterocycles. The number of nitrogens with two attached hydrogens (primary N) is 1. The van der Waals surface area contributed by atoms with Crippen molar-refractivity contribution in [3.63, 3.8) is 0 Å². The van der Waals surface area contributed by atoms with Crippen molar-refractivity contribution in [3.05, 3.63) is 59.2 Å². The molecule has 2 aliphatic heterocycles. The van der Waals surface area contributed by atoms with Gasteiger partial charge in [-0.15, -0.1) is 0 Å². The highest BCUT2D eigenvalue weighted by molar-refractivity contribution is 5.96. The second-order valence-corrected chi connectivity index (χ2v) is 9.95. The number of hydrogen-bond acceptors (Lipinski definition) is 8. The molecule has 0 spiro atoms. The van der Waals surface area contributed by atoms with Gasteiger partial charge in [0, 0.05) is 60.3 Å². The number of nitrogens with zero attached hydrogens (tertiary/aromatic N) is 4. The van der Waals surface area contributed by atoms with E-state index in [-0.39, 0.29) is 5.69 Å². The molecule has 4 N–H and O–H groups in total. The lowest BCUT2D eigenvalue weighted by Crippen LogP contribution is -2.35. The third-order valence-corrected chi connectivity index (χ3v) is 7.33. The van der Waals surface area contributed by atoms with Gasteiger partial charge < -0.3 is 21.1 Å². The molecule has 8 nitrogen and oxygen atoms in total. The third-order valence-electron chi connectivity index (χ3n) is 7.33. The van der Waals surface area contributed by atoms with E-state index in [1.807, 2.05) is 6.92 Å². The van der Waals surface area contributed by atoms with Gasteiger partial charge in [-0.1, -0.05) is 6.07 Å². The Bertz CT molecular complexity index is 1520. The Morgan fingerprint density at radius 1 is 1.14 bits per heavy atom. The lowest BCUT2D eigenvalue weighted by molar-refractivity contribution is 0.203. The largest absolute Gasteiger partial charge is 0.474 e. The summed E-state index contributed by atoms with van der Waals surface area (Å²) in [6, 6.07) is 8.61. The number of hydrogen-bond donors (Lipinski definition) is 3. The highest BCUT2D eigenvalue weighted by Crippen LogP contribution is 2.39. The van der Waals surface area contributed by atoms with Crippen LogP contribution in [0.1, 0.15) is 30.5 Å². The van der Waals surface area contributed by atoms with Crippen molar-refractivity contribution >= 4 is 33.9 Å². The summed E-state index contributed by atoms with van der Waals surface area (Å²) in [6.45, 7) is 9.59. The quantitative estimate of drug-likeness (QED) is 0.336. The zero-order valence-corrected chi connectivity index (χ0v) is 21.2. The molecule has 2 aromatic heterocycles. The molecule has 37 heavy (non-hydrogen) atoms. The number of fused-ring (bicyclic) bond motifs is 3. The molecular formula is C28H30FN7O. The number of pyridine rings is 1. The minimum Gasteiger partial charge on any atom is -0.474 e. The molecule has 190 valence electrons. The molecule has 0 fully saturated rings. The Labute approximate surface area is 215 Å². The van der Waals surface area contributed by atoms with Crippen molar-refractivity contribution in [2.45, 2.75) is 39.8 Å². The van der Waals surface area contributed by atoms with Crippen LogP contribution >= 0.6 is 0 Å². The zero-order chi connectivity index (χ0) is 25.7. The number of halogens is 1. The first kappa shape index (κ1) is 23.4. The standard InChI is InChI=1S/C28H30FN7O/c1-15(2)36-8-6-17-4-5-19(10-18(17)14-36)34-28-33-13-22-23(35-28)11-20(24(29)25(22)30)21-12-32-27-26(16(21)3)31-7-9-37-27/h4-5,10-13,15,31H,6-9,14,30H2,1-3H3,(H,33,34,35). The van der Waals surface area contributed by atoms with Crippen molar-refractivity contribution < 1.29 is 9.13 Å². The second kappa shape index (κ2) is 9.15. The van der Waals surface area contributed by atoms with Gasteiger partial charge in [-0.3, -0.25) is 4.90 Å². The molecule has 0 amide bonds. The van der Waals surface area contributed by atoms with Crippen molar-refractivity contribution in [1.29, 1.82) is 0 Å². The molecule has 0 saturated heterocycles. The van der Waals surface area contributed by atoms with Crippen LogP contribution in [0.25, 0.3) is 22.0 Å². The molecule has 2 aromatic carbocycles. The van der Waals surface area contributed by atoms with E-state index in [0.717, 1.165) is 36.4 Å². The van der Waals surface area contributed by atoms with Gasteiger partial charge in [-0.25, -0.2) is 19.3 Å². The van der Waals surface area contributed by atoms with Crippen LogP contribution in [0.5, 0.6) is 5.88 Å². The SMILES string of the molecule is Cc1c(-c2cc3nc(Nc4ccc5c(c4)CN(C(C)C)CC5)ncc3c(N)c2F)cnc2c1NCCO2. The summed E-state index contributed by atoms with van der Waals surface area (Å²) in [5.41, 5.74) is 13.0. The Balaban J connectivity index is 1.35. The van der Waals surface area contributed by atoms with Crippen LogP contribution in [0.3, 0.4) is 0 Å². The number of nitrogen functional groups attached to an aromatic ring is 1. The first-order chi connectivity index (χ1) is 17.9. The number of anilines is 4. The van der Waals surface area contributed by atoms with Gasteiger partial charge >= 0.3 is 0 Å². The van der Waals surface area contributed by atoms with E-state index in [1.165, 1.54) is 11.1 Å². The smallest absolute Gasteiger partial charge is 0.237 e. The van der Waals surface area contributed by atoms with Crippen LogP contribution in [-0.2, 0) is 13.0 Å². The summed E-state index contributed by atoms with van der Waals surface area (Å²) in [7, 11) is 0. The second-order valence-electron chi connectivity index (χ2n) is 9.95. The van der Waals surface area contributed by atoms with Crippen LogP contribution in [0.15, 0.2) is 36.7 Å². The van der Waals surface area contributed by atoms with Gasteiger partial charge in [0.05, 0.1) is 11.2 Å². The molecule has 0 bridgehead atoms. The maximum absolute atomic E-state index is 15.4. The van der Waals surface area contributed by atoms with Crippen molar-refractivity contribution in [2.24, 2.45) is 0 Å². The molecule has 0 unspecified atom stereocenters. The van der Waals surface area contributed by atoms with Crippen molar-refractivity contribution in [2.75, 3.05) is 36.1 Å². The van der Waals surface area contributed by atoms with Crippen molar-refractivity contribution in [1.82, 2.24) is 19.9 Å². The molecule has 0 radical (unpaired) electrons. The molecule has 6 rings (SSSR count). The van der Waals surface area contributed by atoms with Crippen LogP contribution in [0.4, 0.5) is 27.4 Å². The molecule has 2 aliphatic rings. The number of aromatic nitrogens is 3. The Morgan fingerprint density at radius 2 is 2.00 bits per heavy atom. The lowest BCUT2D eigenvalue weighted by Gasteiger charge is -2.32. The van der Waals surface area contributed by atoms with E-state index >= 15 is 4.39 Å². The van der Waals surface area contributed by atoms with Gasteiger partial charge in [-0.05, 0) is 62.1 Å². The first-order valence-corrected chi connectivity index (χ1v) is 12.6. The normalized spacial score (nSPS) is 15.2. The minimum atomic E-state index is -0.511. The third kappa shape index (κ3) is 4.19. The van der Waals surface area contributed by atoms with Crippen LogP contribution in [-0.4, -0.2) is 45.6 Å². The van der Waals surface area contributed by atoms with Gasteiger partial charge in [0.15, 0.2) is 5.82 Å². The Morgan fingerprint density at radius 3 is 2.84 bits per heavy atom. The fraction of sp³-hybridized carbons (Fsp3) is 0.321. The fourth-order valence-electron chi connectivity index (χ4n) is 5.15. The summed E-state index contributed by atoms with van der Waals surface area (Å²) in [5, 5.41) is 7.09. The Kier molecular flexibility index (Phi) is 5.79. The highest BCUT2D eigenvalue weighted by atomic mass is 19.1. The van der Waals surface area contributed by atoms with E-state index in [2.05, 4.69) is 57.5 Å². The fourth-order valence-corrected chi connectivity index (χ4v) is 5.15. The van der Waals surface area contributed by atoms with E-state index < -0.39 is 5.82 Å². The van der Waals surface area contributed by atoms with Gasteiger partial charge in [0.25, 0.3) is 0 Å². The first-order valence-electron chi connectivity index (χ1n) is 12.6. The highest BCUT2D eigenvalue weighted by Gasteiger charge is 2.22. The van der Waals surface area contributed by atoms with E-state index in [9.17, 15) is 0 Å². The summed E-state index contributed by atoms with van der Waals surface area (Å²) < 4.78 is 21.1. The average Bonchev–Trinajstić information content (AvgIpc) is 2.91. The zero-order valence-electron chi connectivity index (χ0n) is 21.2. The van der Waals surface area contributed by atoms with Gasteiger partial charge in [-0.2, -0.15) is 0 Å². The number of rotatable bonds is 4. The number of benzene rings is 2. The predicted molar refractivity (Wildman–Crippen MR) is 145 cm³/mol. The minimum absolute atomic E-state index is 0.0166. The van der Waals surface area contributed by atoms with E-state index in [1.54, 1.807) is 18.5 Å². The number of ether oxygens (including phenoxy) is 1. The maximum atomic E-state index is 15.4. The van der Waals surface area contributed by atoms with Crippen LogP contribution in [0, 0.1) is 12.7 Å². The van der Waals surface area contributed by atoms with E-state index in [0.29, 0.717) is 53.1 Å². The predicted octanol–water partition coefficient (Wildman–Crippen LogP) is 5.04. The van der Waals surface area contributed by atoms with Gasteiger partial charge in [0.2, 0.25) is 11.8 Å². The molecule has 0 aliphatic carbocycles. The maximum Gasteiger partial charge on any atom is 0.237 e. The summed E-state index contributed by atoms with van der Waals surface area (Å²) >= 11 is 0. The van der Waals surface area contributed by atoms with E-state index in [4.69, 9.17) is 15.5 Å². The summed E-state index contributed by atoms with van der Waals surface area (Å²) in [4.78, 5) is 16.0. The molecule has 4 aromatic rings. The number of nitrogens with one attached hydrogen (secondary N) is 2. The topological polar surface area (TPSA) is 101 Å². The summed E-state index contributed by atoms with van der Waals surface area (Å²) in [6.07, 6.45) is 4.24. The molecule has 9 heteroatoms. The van der Waals surface area contributed by atoms with Gasteiger partial charge in [0.1, 0.15) is 12.3 Å². The lowest BCUT2D eigenvalue weighted by atomic mass is 9.98. The van der Waals surface area contributed by atoms with Crippen molar-refractivity contribution in [3.8, 4) is 17.0 Å². The van der Waals surface area contributed by atoms with Crippen LogP contribution in [0.2, 0.25) is 0 Å². The molecule has 0 atom stereocenters. The monoisotopic (exact) mass is 499 g/mol. The average molecular weight is 500 g/mol. The summed E-state index contributed by atoms with van der Waals surface area (Å²) in [5.74, 6) is 0.441. The molecular weight excluding hydrogens is 469 g/mol. The van der Waals surface area contributed by atoms with Crippen LogP contribution < -0.4 is 21.1 Å². The molecule has 0 saturated carbocycles.